The van der Waals surface area contributed by atoms with Gasteiger partial charge < -0.3 is 14.9 Å². The molecule has 0 unspecified atom stereocenters. The van der Waals surface area contributed by atoms with Gasteiger partial charge in [0.25, 0.3) is 11.6 Å². The summed E-state index contributed by atoms with van der Waals surface area (Å²) >= 11 is 0. The Bertz CT molecular complexity index is 931. The molecular weight excluding hydrogens is 308 g/mol. The Kier molecular flexibility index (Phi) is 3.50. The summed E-state index contributed by atoms with van der Waals surface area (Å²) in [6.45, 7) is 1.60. The SMILES string of the molecule is Cc1noc2nc(C3CC3)cc(C(=O)Nc3cnccc3CO)c12. The Morgan fingerprint density at radius 2 is 2.29 bits per heavy atom. The van der Waals surface area contributed by atoms with Crippen molar-refractivity contribution in [3.63, 3.8) is 0 Å². The van der Waals surface area contributed by atoms with E-state index in [2.05, 4.69) is 20.4 Å². The average Bonchev–Trinajstić information content (AvgIpc) is 3.38. The zero-order chi connectivity index (χ0) is 16.7. The summed E-state index contributed by atoms with van der Waals surface area (Å²) in [6.07, 6.45) is 5.24. The third-order valence-electron chi connectivity index (χ3n) is 4.21. The molecule has 0 saturated heterocycles. The van der Waals surface area contributed by atoms with E-state index in [4.69, 9.17) is 4.52 Å². The van der Waals surface area contributed by atoms with Crippen molar-refractivity contribution in [2.75, 3.05) is 5.32 Å². The van der Waals surface area contributed by atoms with Gasteiger partial charge in [0.05, 0.1) is 35.1 Å². The number of hydrogen-bond donors (Lipinski definition) is 2. The number of nitrogens with zero attached hydrogens (tertiary/aromatic N) is 3. The fraction of sp³-hybridized carbons (Fsp3) is 0.294. The Morgan fingerprint density at radius 1 is 1.46 bits per heavy atom. The molecule has 2 N–H and O–H groups in total. The molecule has 3 aromatic heterocycles. The smallest absolute Gasteiger partial charge is 0.259 e. The van der Waals surface area contributed by atoms with E-state index in [1.54, 1.807) is 19.2 Å². The first-order valence-corrected chi connectivity index (χ1v) is 7.79. The first kappa shape index (κ1) is 14.8. The number of aryl methyl sites for hydroxylation is 1. The van der Waals surface area contributed by atoms with Gasteiger partial charge in [-0.1, -0.05) is 5.16 Å². The summed E-state index contributed by atoms with van der Waals surface area (Å²) in [6, 6.07) is 3.48. The zero-order valence-corrected chi connectivity index (χ0v) is 13.1. The van der Waals surface area contributed by atoms with Crippen LogP contribution in [0.25, 0.3) is 11.1 Å². The summed E-state index contributed by atoms with van der Waals surface area (Å²) in [5.74, 6) is 0.0936. The number of aromatic nitrogens is 3. The zero-order valence-electron chi connectivity index (χ0n) is 13.1. The molecule has 0 atom stereocenters. The molecule has 7 nitrogen and oxygen atoms in total. The average molecular weight is 324 g/mol. The van der Waals surface area contributed by atoms with Gasteiger partial charge in [-0.15, -0.1) is 0 Å². The van der Waals surface area contributed by atoms with Crippen LogP contribution in [0, 0.1) is 6.92 Å². The van der Waals surface area contributed by atoms with E-state index < -0.39 is 0 Å². The highest BCUT2D eigenvalue weighted by atomic mass is 16.5. The predicted molar refractivity (Wildman–Crippen MR) is 86.6 cm³/mol. The van der Waals surface area contributed by atoms with Crippen molar-refractivity contribution >= 4 is 22.7 Å². The molecule has 0 aromatic carbocycles. The van der Waals surface area contributed by atoms with Gasteiger partial charge in [0.2, 0.25) is 0 Å². The highest BCUT2D eigenvalue weighted by Crippen LogP contribution is 2.40. The van der Waals surface area contributed by atoms with Crippen LogP contribution in [-0.4, -0.2) is 26.1 Å². The minimum atomic E-state index is -0.293. The van der Waals surface area contributed by atoms with Crippen molar-refractivity contribution in [2.24, 2.45) is 0 Å². The van der Waals surface area contributed by atoms with Crippen molar-refractivity contribution in [1.82, 2.24) is 15.1 Å². The number of carbonyl (C=O) groups excluding carboxylic acids is 1. The van der Waals surface area contributed by atoms with E-state index in [0.29, 0.717) is 39.5 Å². The van der Waals surface area contributed by atoms with E-state index in [0.717, 1.165) is 18.5 Å². The summed E-state index contributed by atoms with van der Waals surface area (Å²) in [4.78, 5) is 21.3. The second kappa shape index (κ2) is 5.68. The fourth-order valence-electron chi connectivity index (χ4n) is 2.74. The van der Waals surface area contributed by atoms with Crippen LogP contribution in [0.4, 0.5) is 5.69 Å². The van der Waals surface area contributed by atoms with E-state index in [-0.39, 0.29) is 12.5 Å². The van der Waals surface area contributed by atoms with Crippen LogP contribution < -0.4 is 5.32 Å². The minimum absolute atomic E-state index is 0.177. The van der Waals surface area contributed by atoms with Crippen LogP contribution in [-0.2, 0) is 6.61 Å². The monoisotopic (exact) mass is 324 g/mol. The standard InChI is InChI=1S/C17H16N4O3/c1-9-15-12(6-13(10-2-3-10)20-17(15)24-21-9)16(23)19-14-7-18-5-4-11(14)8-22/h4-7,10,22H,2-3,8H2,1H3,(H,19,23). The summed E-state index contributed by atoms with van der Waals surface area (Å²) in [5.41, 5.74) is 3.44. The van der Waals surface area contributed by atoms with Crippen LogP contribution in [0.15, 0.2) is 29.0 Å². The van der Waals surface area contributed by atoms with Crippen molar-refractivity contribution < 1.29 is 14.4 Å². The molecule has 24 heavy (non-hydrogen) atoms. The van der Waals surface area contributed by atoms with Crippen LogP contribution in [0.3, 0.4) is 0 Å². The predicted octanol–water partition coefficient (Wildman–Crippen LogP) is 2.55. The number of pyridine rings is 2. The van der Waals surface area contributed by atoms with Gasteiger partial charge in [0.15, 0.2) is 0 Å². The number of aliphatic hydroxyl groups is 1. The number of anilines is 1. The highest BCUT2D eigenvalue weighted by Gasteiger charge is 2.28. The van der Waals surface area contributed by atoms with Crippen molar-refractivity contribution in [3.05, 3.63) is 47.0 Å². The molecule has 1 aliphatic rings. The molecule has 4 rings (SSSR count). The third kappa shape index (κ3) is 2.52. The maximum atomic E-state index is 12.8. The Labute approximate surface area is 137 Å². The maximum Gasteiger partial charge on any atom is 0.259 e. The molecule has 0 bridgehead atoms. The topological polar surface area (TPSA) is 101 Å². The largest absolute Gasteiger partial charge is 0.392 e. The van der Waals surface area contributed by atoms with Gasteiger partial charge in [0.1, 0.15) is 0 Å². The van der Waals surface area contributed by atoms with Crippen molar-refractivity contribution in [2.45, 2.75) is 32.3 Å². The number of hydrogen-bond acceptors (Lipinski definition) is 6. The van der Waals surface area contributed by atoms with Crippen LogP contribution in [0.5, 0.6) is 0 Å². The van der Waals surface area contributed by atoms with E-state index in [1.165, 1.54) is 6.20 Å². The number of rotatable bonds is 4. The molecule has 122 valence electrons. The first-order valence-electron chi connectivity index (χ1n) is 7.79. The Morgan fingerprint density at radius 3 is 3.04 bits per heavy atom. The second-order valence-corrected chi connectivity index (χ2v) is 5.96. The molecular formula is C17H16N4O3. The second-order valence-electron chi connectivity index (χ2n) is 5.96. The Hall–Kier alpha value is -2.80. The summed E-state index contributed by atoms with van der Waals surface area (Å²) in [7, 11) is 0. The molecule has 0 spiro atoms. The van der Waals surface area contributed by atoms with E-state index in [1.807, 2.05) is 6.07 Å². The molecule has 0 radical (unpaired) electrons. The summed E-state index contributed by atoms with van der Waals surface area (Å²) in [5, 5.41) is 16.8. The van der Waals surface area contributed by atoms with E-state index >= 15 is 0 Å². The highest BCUT2D eigenvalue weighted by molar-refractivity contribution is 6.12. The molecule has 1 saturated carbocycles. The van der Waals surface area contributed by atoms with Crippen molar-refractivity contribution in [1.29, 1.82) is 0 Å². The number of aliphatic hydroxyl groups excluding tert-OH is 1. The summed E-state index contributed by atoms with van der Waals surface area (Å²) < 4.78 is 5.26. The van der Waals surface area contributed by atoms with Gasteiger partial charge in [-0.3, -0.25) is 9.78 Å². The van der Waals surface area contributed by atoms with Crippen molar-refractivity contribution in [3.8, 4) is 0 Å². The van der Waals surface area contributed by atoms with Crippen LogP contribution in [0.2, 0.25) is 0 Å². The van der Waals surface area contributed by atoms with Gasteiger partial charge >= 0.3 is 0 Å². The molecule has 1 aliphatic carbocycles. The fourth-order valence-corrected chi connectivity index (χ4v) is 2.74. The van der Waals surface area contributed by atoms with Crippen LogP contribution in [0.1, 0.15) is 46.1 Å². The normalized spacial score (nSPS) is 14.1. The molecule has 1 fully saturated rings. The van der Waals surface area contributed by atoms with Gasteiger partial charge in [-0.2, -0.15) is 0 Å². The first-order chi connectivity index (χ1) is 11.7. The molecule has 7 heteroatoms. The van der Waals surface area contributed by atoms with Gasteiger partial charge in [-0.25, -0.2) is 4.98 Å². The number of amides is 1. The number of carbonyl (C=O) groups is 1. The van der Waals surface area contributed by atoms with Gasteiger partial charge in [0, 0.05) is 23.4 Å². The molecule has 3 aromatic rings. The lowest BCUT2D eigenvalue weighted by Gasteiger charge is -2.10. The lowest BCUT2D eigenvalue weighted by Crippen LogP contribution is -2.15. The molecule has 3 heterocycles. The number of nitrogens with one attached hydrogen (secondary N) is 1. The number of fused-ring (bicyclic) bond motifs is 1. The maximum absolute atomic E-state index is 12.8. The van der Waals surface area contributed by atoms with Crippen LogP contribution >= 0.6 is 0 Å². The van der Waals surface area contributed by atoms with Gasteiger partial charge in [-0.05, 0) is 31.9 Å². The Balaban J connectivity index is 1.77. The quantitative estimate of drug-likeness (QED) is 0.765. The van der Waals surface area contributed by atoms with E-state index in [9.17, 15) is 9.90 Å². The molecule has 1 amide bonds. The molecule has 0 aliphatic heterocycles. The lowest BCUT2D eigenvalue weighted by atomic mass is 10.1. The minimum Gasteiger partial charge on any atom is -0.392 e. The third-order valence-corrected chi connectivity index (χ3v) is 4.21. The lowest BCUT2D eigenvalue weighted by molar-refractivity contribution is 0.102.